The molecule has 0 N–H and O–H groups in total. The number of benzene rings is 1. The second-order valence-electron chi connectivity index (χ2n) is 5.84. The number of carbonyl (C=O) groups is 1. The molecular weight excluding hydrogens is 378 g/mol. The fourth-order valence-electron chi connectivity index (χ4n) is 2.35. The Balaban J connectivity index is 1.90. The fraction of sp³-hybridized carbons (Fsp3) is 0.312. The molecule has 27 heavy (non-hydrogen) atoms. The molecule has 0 saturated carbocycles. The van der Waals surface area contributed by atoms with Gasteiger partial charge in [0.15, 0.2) is 5.82 Å². The molecule has 1 aliphatic heterocycles. The number of nitrogens with zero attached hydrogens (tertiary/aromatic N) is 4. The normalized spacial score (nSPS) is 15.3. The molecule has 1 aromatic heterocycles. The minimum Gasteiger partial charge on any atom is -0.339 e. The molecular formula is C16H12F6N4O. The summed E-state index contributed by atoms with van der Waals surface area (Å²) in [4.78, 5) is 17.0. The molecule has 1 aromatic carbocycles. The van der Waals surface area contributed by atoms with Crippen LogP contribution in [-0.4, -0.2) is 38.7 Å². The maximum absolute atomic E-state index is 12.9. The summed E-state index contributed by atoms with van der Waals surface area (Å²) in [5.41, 5.74) is -3.34. The van der Waals surface area contributed by atoms with E-state index in [1.807, 2.05) is 0 Å². The first-order valence-corrected chi connectivity index (χ1v) is 7.72. The molecule has 1 amide bonds. The summed E-state index contributed by atoms with van der Waals surface area (Å²) in [6.45, 7) is 1.27. The van der Waals surface area contributed by atoms with Gasteiger partial charge in [0.05, 0.1) is 11.1 Å². The lowest BCUT2D eigenvalue weighted by molar-refractivity contribution is -0.143. The number of hydrogen-bond donors (Lipinski definition) is 0. The molecule has 0 aliphatic carbocycles. The zero-order chi connectivity index (χ0) is 19.8. The number of aromatic nitrogens is 3. The van der Waals surface area contributed by atoms with E-state index < -0.39 is 29.0 Å². The first-order chi connectivity index (χ1) is 12.5. The lowest BCUT2D eigenvalue weighted by atomic mass is 10.0. The van der Waals surface area contributed by atoms with E-state index >= 15 is 0 Å². The minimum atomic E-state index is -4.96. The highest BCUT2D eigenvalue weighted by molar-refractivity contribution is 5.90. The van der Waals surface area contributed by atoms with Gasteiger partial charge < -0.3 is 4.90 Å². The van der Waals surface area contributed by atoms with Gasteiger partial charge in [0, 0.05) is 30.9 Å². The van der Waals surface area contributed by atoms with Crippen LogP contribution in [0.1, 0.15) is 17.5 Å². The molecule has 11 heteroatoms. The molecule has 0 radical (unpaired) electrons. The van der Waals surface area contributed by atoms with Crippen LogP contribution in [0.5, 0.6) is 0 Å². The van der Waals surface area contributed by atoms with Gasteiger partial charge in [0.1, 0.15) is 6.33 Å². The van der Waals surface area contributed by atoms with E-state index in [4.69, 9.17) is 0 Å². The van der Waals surface area contributed by atoms with Gasteiger partial charge in [0.2, 0.25) is 5.91 Å². The van der Waals surface area contributed by atoms with Gasteiger partial charge in [-0.1, -0.05) is 0 Å². The number of rotatable bonds is 3. The summed E-state index contributed by atoms with van der Waals surface area (Å²) in [5, 5.41) is 3.82. The monoisotopic (exact) mass is 390 g/mol. The molecule has 144 valence electrons. The van der Waals surface area contributed by atoms with Crippen molar-refractivity contribution in [3.05, 3.63) is 41.7 Å². The molecule has 5 nitrogen and oxygen atoms in total. The van der Waals surface area contributed by atoms with Crippen LogP contribution >= 0.6 is 0 Å². The van der Waals surface area contributed by atoms with Crippen LogP contribution < -0.4 is 0 Å². The maximum Gasteiger partial charge on any atom is 0.416 e. The molecule has 0 bridgehead atoms. The quantitative estimate of drug-likeness (QED) is 0.594. The Morgan fingerprint density at radius 1 is 1.00 bits per heavy atom. The molecule has 2 aromatic rings. The van der Waals surface area contributed by atoms with Crippen molar-refractivity contribution in [1.82, 2.24) is 19.7 Å². The molecule has 0 spiro atoms. The lowest BCUT2D eigenvalue weighted by Gasteiger charge is -2.29. The predicted octanol–water partition coefficient (Wildman–Crippen LogP) is 3.69. The number of halogens is 6. The van der Waals surface area contributed by atoms with E-state index in [-0.39, 0.29) is 17.8 Å². The zero-order valence-corrected chi connectivity index (χ0v) is 13.6. The highest BCUT2D eigenvalue weighted by Crippen LogP contribution is 2.38. The van der Waals surface area contributed by atoms with E-state index in [2.05, 4.69) is 10.1 Å². The number of carbonyl (C=O) groups excluding carboxylic acids is 1. The van der Waals surface area contributed by atoms with E-state index in [9.17, 15) is 31.1 Å². The number of alkyl halides is 6. The van der Waals surface area contributed by atoms with Crippen molar-refractivity contribution in [1.29, 1.82) is 0 Å². The van der Waals surface area contributed by atoms with Crippen molar-refractivity contribution in [2.24, 2.45) is 0 Å². The van der Waals surface area contributed by atoms with E-state index in [0.29, 0.717) is 25.2 Å². The highest BCUT2D eigenvalue weighted by atomic mass is 19.4. The number of amides is 1. The average molecular weight is 390 g/mol. The summed E-state index contributed by atoms with van der Waals surface area (Å²) in [6.07, 6.45) is -5.49. The van der Waals surface area contributed by atoms with Gasteiger partial charge in [-0.15, -0.1) is 5.10 Å². The van der Waals surface area contributed by atoms with Crippen molar-refractivity contribution in [2.75, 3.05) is 13.1 Å². The predicted molar refractivity (Wildman–Crippen MR) is 82.0 cm³/mol. The van der Waals surface area contributed by atoms with Gasteiger partial charge in [-0.05, 0) is 24.6 Å². The average Bonchev–Trinajstić information content (AvgIpc) is 2.98. The summed E-state index contributed by atoms with van der Waals surface area (Å²) in [7, 11) is 0. The van der Waals surface area contributed by atoms with Gasteiger partial charge in [-0.2, -0.15) is 26.3 Å². The van der Waals surface area contributed by atoms with Gasteiger partial charge in [-0.3, -0.25) is 4.79 Å². The summed E-state index contributed by atoms with van der Waals surface area (Å²) in [5.74, 6) is -0.593. The van der Waals surface area contributed by atoms with Crippen LogP contribution in [0.25, 0.3) is 17.6 Å². The van der Waals surface area contributed by atoms with Crippen molar-refractivity contribution in [3.8, 4) is 11.4 Å². The van der Waals surface area contributed by atoms with Gasteiger partial charge in [-0.25, -0.2) is 9.67 Å². The second kappa shape index (κ2) is 6.71. The van der Waals surface area contributed by atoms with E-state index in [1.54, 1.807) is 4.90 Å². The first-order valence-electron chi connectivity index (χ1n) is 7.72. The summed E-state index contributed by atoms with van der Waals surface area (Å²) >= 11 is 0. The molecule has 1 saturated heterocycles. The second-order valence-corrected chi connectivity index (χ2v) is 5.84. The molecule has 0 unspecified atom stereocenters. The fourth-order valence-corrected chi connectivity index (χ4v) is 2.35. The van der Waals surface area contributed by atoms with Gasteiger partial charge in [0.25, 0.3) is 0 Å². The Morgan fingerprint density at radius 2 is 1.59 bits per heavy atom. The Kier molecular flexibility index (Phi) is 4.70. The third-order valence-corrected chi connectivity index (χ3v) is 3.89. The summed E-state index contributed by atoms with van der Waals surface area (Å²) < 4.78 is 78.5. The molecule has 2 heterocycles. The number of hydrogen-bond acceptors (Lipinski definition) is 3. The van der Waals surface area contributed by atoms with Crippen molar-refractivity contribution in [3.63, 3.8) is 0 Å². The standard InChI is InChI=1S/C16H12F6N4O/c17-15(18,19)11-6-10(7-12(8-11)16(20,21)22)14-23-9-26(24-14)5-2-13(27)25-3-1-4-25/h2,5-9H,1,3-4H2/b5-2-. The van der Waals surface area contributed by atoms with E-state index in [0.717, 1.165) is 17.4 Å². The summed E-state index contributed by atoms with van der Waals surface area (Å²) in [6, 6.07) is 1.12. The van der Waals surface area contributed by atoms with Crippen LogP contribution in [0.4, 0.5) is 26.3 Å². The highest BCUT2D eigenvalue weighted by Gasteiger charge is 2.37. The SMILES string of the molecule is O=C(/C=C\n1cnc(-c2cc(C(F)(F)F)cc(C(F)(F)F)c2)n1)N1CCC1. The largest absolute Gasteiger partial charge is 0.416 e. The van der Waals surface area contributed by atoms with Crippen LogP contribution in [0, 0.1) is 0 Å². The van der Waals surface area contributed by atoms with Crippen LogP contribution in [0.15, 0.2) is 30.6 Å². The molecule has 0 atom stereocenters. The maximum atomic E-state index is 12.9. The smallest absolute Gasteiger partial charge is 0.339 e. The van der Waals surface area contributed by atoms with Crippen molar-refractivity contribution >= 4 is 12.1 Å². The van der Waals surface area contributed by atoms with Gasteiger partial charge >= 0.3 is 12.4 Å². The first kappa shape index (κ1) is 18.9. The zero-order valence-electron chi connectivity index (χ0n) is 13.6. The number of likely N-dealkylation sites (tertiary alicyclic amines) is 1. The molecule has 1 fully saturated rings. The van der Waals surface area contributed by atoms with Crippen LogP contribution in [0.3, 0.4) is 0 Å². The van der Waals surface area contributed by atoms with Crippen LogP contribution in [0.2, 0.25) is 0 Å². The molecule has 1 aliphatic rings. The Morgan fingerprint density at radius 3 is 2.07 bits per heavy atom. The van der Waals surface area contributed by atoms with Crippen molar-refractivity contribution < 1.29 is 31.1 Å². The third kappa shape index (κ3) is 4.29. The van der Waals surface area contributed by atoms with E-state index in [1.165, 1.54) is 12.3 Å². The minimum absolute atomic E-state index is 0.0339. The van der Waals surface area contributed by atoms with Crippen LogP contribution in [-0.2, 0) is 17.1 Å². The Bertz CT molecular complexity index is 848. The molecule has 3 rings (SSSR count). The Labute approximate surface area is 148 Å². The lowest BCUT2D eigenvalue weighted by Crippen LogP contribution is -2.41. The Hall–Kier alpha value is -2.85. The third-order valence-electron chi connectivity index (χ3n) is 3.89. The topological polar surface area (TPSA) is 51.0 Å². The van der Waals surface area contributed by atoms with Crippen molar-refractivity contribution in [2.45, 2.75) is 18.8 Å².